The Morgan fingerprint density at radius 1 is 1.20 bits per heavy atom. The zero-order valence-corrected chi connectivity index (χ0v) is 11.3. The van der Waals surface area contributed by atoms with Crippen LogP contribution >= 0.6 is 23.2 Å². The third kappa shape index (κ3) is 4.56. The standard InChI is InChI=1S/C11H13Cl2OSi/c1-11(2,14-15)4-3-8-5-9(12)7-10(13)6-8/h5-7H,3-4H2,1-2H3. The Morgan fingerprint density at radius 3 is 2.20 bits per heavy atom. The van der Waals surface area contributed by atoms with Crippen LogP contribution in [0.3, 0.4) is 0 Å². The Balaban J connectivity index is 2.65. The van der Waals surface area contributed by atoms with Gasteiger partial charge >= 0.3 is 0 Å². The lowest BCUT2D eigenvalue weighted by Crippen LogP contribution is -2.23. The average Bonchev–Trinajstić information content (AvgIpc) is 2.14. The van der Waals surface area contributed by atoms with Crippen molar-refractivity contribution in [1.29, 1.82) is 0 Å². The van der Waals surface area contributed by atoms with Gasteiger partial charge in [-0.05, 0) is 50.5 Å². The van der Waals surface area contributed by atoms with Gasteiger partial charge in [-0.15, -0.1) is 0 Å². The lowest BCUT2D eigenvalue weighted by molar-refractivity contribution is 0.113. The summed E-state index contributed by atoms with van der Waals surface area (Å²) in [6, 6.07) is 5.59. The van der Waals surface area contributed by atoms with Crippen molar-refractivity contribution < 1.29 is 4.43 Å². The summed E-state index contributed by atoms with van der Waals surface area (Å²) < 4.78 is 5.16. The molecule has 0 fully saturated rings. The number of hydrogen-bond donors (Lipinski definition) is 0. The summed E-state index contributed by atoms with van der Waals surface area (Å²) in [5.74, 6) is 0. The molecule has 1 aromatic rings. The van der Waals surface area contributed by atoms with Crippen LogP contribution in [0.5, 0.6) is 0 Å². The fourth-order valence-corrected chi connectivity index (χ4v) is 1.92. The van der Waals surface area contributed by atoms with Crippen molar-refractivity contribution in [3.05, 3.63) is 33.8 Å². The second-order valence-electron chi connectivity index (χ2n) is 4.14. The normalized spacial score (nSPS) is 11.8. The summed E-state index contributed by atoms with van der Waals surface area (Å²) in [4.78, 5) is 0. The molecule has 81 valence electrons. The van der Waals surface area contributed by atoms with Crippen molar-refractivity contribution in [1.82, 2.24) is 0 Å². The van der Waals surface area contributed by atoms with Gasteiger partial charge in [-0.25, -0.2) is 0 Å². The summed E-state index contributed by atoms with van der Waals surface area (Å²) in [7, 11) is 3.07. The van der Waals surface area contributed by atoms with Crippen LogP contribution in [0.2, 0.25) is 10.0 Å². The maximum absolute atomic E-state index is 5.91. The molecule has 4 heteroatoms. The topological polar surface area (TPSA) is 9.23 Å². The number of halogens is 2. The Bertz CT molecular complexity index is 319. The summed E-state index contributed by atoms with van der Waals surface area (Å²) in [5.41, 5.74) is 0.940. The molecule has 0 heterocycles. The summed E-state index contributed by atoms with van der Waals surface area (Å²) in [5, 5.41) is 1.35. The maximum atomic E-state index is 5.91. The van der Waals surface area contributed by atoms with E-state index in [-0.39, 0.29) is 5.60 Å². The van der Waals surface area contributed by atoms with Gasteiger partial charge in [0.1, 0.15) is 0 Å². The molecule has 1 nitrogen and oxygen atoms in total. The molecular formula is C11H13Cl2OSi. The molecule has 0 aliphatic heterocycles. The zero-order valence-electron chi connectivity index (χ0n) is 8.81. The Kier molecular flexibility index (Phi) is 4.65. The van der Waals surface area contributed by atoms with E-state index in [0.717, 1.165) is 18.4 Å². The van der Waals surface area contributed by atoms with E-state index in [1.54, 1.807) is 6.07 Å². The Hall–Kier alpha value is -0.0231. The maximum Gasteiger partial charge on any atom is 0.246 e. The minimum Gasteiger partial charge on any atom is -0.414 e. The Labute approximate surface area is 104 Å². The van der Waals surface area contributed by atoms with Crippen molar-refractivity contribution in [3.8, 4) is 0 Å². The molecular weight excluding hydrogens is 247 g/mol. The first-order valence-corrected chi connectivity index (χ1v) is 5.89. The molecule has 15 heavy (non-hydrogen) atoms. The summed E-state index contributed by atoms with van der Waals surface area (Å²) in [6.45, 7) is 4.04. The molecule has 1 aromatic carbocycles. The number of aryl methyl sites for hydroxylation is 1. The van der Waals surface area contributed by atoms with E-state index in [4.69, 9.17) is 27.6 Å². The van der Waals surface area contributed by atoms with Gasteiger partial charge in [0.2, 0.25) is 10.5 Å². The molecule has 0 N–H and O–H groups in total. The monoisotopic (exact) mass is 259 g/mol. The molecule has 0 spiro atoms. The summed E-state index contributed by atoms with van der Waals surface area (Å²) in [6.07, 6.45) is 1.78. The first-order valence-electron chi connectivity index (χ1n) is 4.73. The molecule has 0 saturated heterocycles. The molecule has 0 aliphatic rings. The molecule has 0 atom stereocenters. The molecule has 0 unspecified atom stereocenters. The van der Waals surface area contributed by atoms with Crippen LogP contribution in [0.4, 0.5) is 0 Å². The minimum absolute atomic E-state index is 0.189. The van der Waals surface area contributed by atoms with Crippen LogP contribution in [-0.4, -0.2) is 16.1 Å². The molecule has 0 bridgehead atoms. The van der Waals surface area contributed by atoms with Gasteiger partial charge in [-0.3, -0.25) is 0 Å². The summed E-state index contributed by atoms with van der Waals surface area (Å²) >= 11 is 11.8. The fourth-order valence-electron chi connectivity index (χ4n) is 1.25. The third-order valence-corrected chi connectivity index (χ3v) is 3.20. The molecule has 3 radical (unpaired) electrons. The highest BCUT2D eigenvalue weighted by Crippen LogP contribution is 2.22. The van der Waals surface area contributed by atoms with Gasteiger partial charge in [0, 0.05) is 10.0 Å². The number of hydrogen-bond acceptors (Lipinski definition) is 1. The zero-order chi connectivity index (χ0) is 11.5. The highest BCUT2D eigenvalue weighted by atomic mass is 35.5. The first kappa shape index (κ1) is 13.0. The van der Waals surface area contributed by atoms with Gasteiger partial charge in [-0.1, -0.05) is 23.2 Å². The van der Waals surface area contributed by atoms with Crippen molar-refractivity contribution >= 4 is 33.7 Å². The average molecular weight is 260 g/mol. The van der Waals surface area contributed by atoms with Gasteiger partial charge in [0.25, 0.3) is 0 Å². The molecule has 0 aliphatic carbocycles. The van der Waals surface area contributed by atoms with Crippen molar-refractivity contribution in [2.45, 2.75) is 32.3 Å². The minimum atomic E-state index is -0.189. The van der Waals surface area contributed by atoms with E-state index in [0.29, 0.717) is 10.0 Å². The van der Waals surface area contributed by atoms with Gasteiger partial charge < -0.3 is 4.43 Å². The lowest BCUT2D eigenvalue weighted by Gasteiger charge is -2.23. The van der Waals surface area contributed by atoms with Crippen LogP contribution in [0.25, 0.3) is 0 Å². The van der Waals surface area contributed by atoms with E-state index in [1.165, 1.54) is 0 Å². The number of rotatable bonds is 4. The highest BCUT2D eigenvalue weighted by Gasteiger charge is 2.15. The van der Waals surface area contributed by atoms with Crippen LogP contribution in [0, 0.1) is 0 Å². The van der Waals surface area contributed by atoms with E-state index in [1.807, 2.05) is 26.0 Å². The van der Waals surface area contributed by atoms with Crippen molar-refractivity contribution in [2.24, 2.45) is 0 Å². The van der Waals surface area contributed by atoms with E-state index < -0.39 is 0 Å². The third-order valence-electron chi connectivity index (χ3n) is 2.21. The van der Waals surface area contributed by atoms with Crippen LogP contribution < -0.4 is 0 Å². The second kappa shape index (κ2) is 5.35. The fraction of sp³-hybridized carbons (Fsp3) is 0.455. The molecule has 0 amide bonds. The predicted octanol–water partition coefficient (Wildman–Crippen LogP) is 3.80. The lowest BCUT2D eigenvalue weighted by atomic mass is 9.99. The van der Waals surface area contributed by atoms with E-state index >= 15 is 0 Å². The van der Waals surface area contributed by atoms with E-state index in [9.17, 15) is 0 Å². The smallest absolute Gasteiger partial charge is 0.246 e. The molecule has 0 saturated carbocycles. The Morgan fingerprint density at radius 2 is 1.73 bits per heavy atom. The van der Waals surface area contributed by atoms with Crippen LogP contribution in [0.15, 0.2) is 18.2 Å². The largest absolute Gasteiger partial charge is 0.414 e. The van der Waals surface area contributed by atoms with Crippen molar-refractivity contribution in [3.63, 3.8) is 0 Å². The van der Waals surface area contributed by atoms with Gasteiger partial charge in [0.05, 0.1) is 5.60 Å². The highest BCUT2D eigenvalue weighted by molar-refractivity contribution is 6.34. The molecule has 1 rings (SSSR count). The van der Waals surface area contributed by atoms with Crippen LogP contribution in [-0.2, 0) is 10.8 Å². The molecule has 0 aromatic heterocycles. The quantitative estimate of drug-likeness (QED) is 0.748. The van der Waals surface area contributed by atoms with Gasteiger partial charge in [-0.2, -0.15) is 0 Å². The number of benzene rings is 1. The first-order chi connectivity index (χ1) is 6.93. The van der Waals surface area contributed by atoms with Crippen molar-refractivity contribution in [2.75, 3.05) is 0 Å². The second-order valence-corrected chi connectivity index (χ2v) is 5.22. The van der Waals surface area contributed by atoms with E-state index in [2.05, 4.69) is 10.5 Å². The van der Waals surface area contributed by atoms with Gasteiger partial charge in [0.15, 0.2) is 0 Å². The predicted molar refractivity (Wildman–Crippen MR) is 65.7 cm³/mol. The van der Waals surface area contributed by atoms with Crippen LogP contribution in [0.1, 0.15) is 25.8 Å². The SMILES string of the molecule is CC(C)(CCc1cc(Cl)cc(Cl)c1)O[Si].